The van der Waals surface area contributed by atoms with Gasteiger partial charge in [-0.3, -0.25) is 19.3 Å². The topological polar surface area (TPSA) is 80.8 Å². The van der Waals surface area contributed by atoms with Crippen LogP contribution in [0.25, 0.3) is 0 Å². The van der Waals surface area contributed by atoms with Crippen LogP contribution >= 0.6 is 22.9 Å². The van der Waals surface area contributed by atoms with E-state index in [1.54, 1.807) is 12.1 Å². The molecule has 0 spiro atoms. The Kier molecular flexibility index (Phi) is 5.96. The maximum atomic E-state index is 12.5. The van der Waals surface area contributed by atoms with Crippen molar-refractivity contribution >= 4 is 46.5 Å². The van der Waals surface area contributed by atoms with Crippen molar-refractivity contribution in [2.75, 3.05) is 13.2 Å². The second kappa shape index (κ2) is 8.24. The highest BCUT2D eigenvalue weighted by Crippen LogP contribution is 2.25. The monoisotopic (exact) mass is 419 g/mol. The number of ketones is 1. The first-order chi connectivity index (χ1) is 13.3. The van der Waals surface area contributed by atoms with Gasteiger partial charge in [0.2, 0.25) is 5.78 Å². The van der Waals surface area contributed by atoms with Gasteiger partial charge in [-0.15, -0.1) is 11.3 Å². The first-order valence-electron chi connectivity index (χ1n) is 8.74. The summed E-state index contributed by atoms with van der Waals surface area (Å²) in [5, 5.41) is 0. The molecule has 1 aromatic carbocycles. The smallest absolute Gasteiger partial charge is 0.338 e. The summed E-state index contributed by atoms with van der Waals surface area (Å²) < 4.78 is 5.52. The molecule has 0 fully saturated rings. The Morgan fingerprint density at radius 1 is 1.11 bits per heavy atom. The molecule has 2 heterocycles. The van der Waals surface area contributed by atoms with Gasteiger partial charge >= 0.3 is 5.97 Å². The number of carbonyl (C=O) groups excluding carboxylic acids is 4. The lowest BCUT2D eigenvalue weighted by Gasteiger charge is -2.14. The number of thiophene rings is 1. The molecule has 2 amide bonds. The molecule has 0 saturated carbocycles. The summed E-state index contributed by atoms with van der Waals surface area (Å²) >= 11 is 6.89. The van der Waals surface area contributed by atoms with Crippen molar-refractivity contribution in [1.29, 1.82) is 0 Å². The highest BCUT2D eigenvalue weighted by Gasteiger charge is 2.35. The van der Waals surface area contributed by atoms with Gasteiger partial charge < -0.3 is 4.74 Å². The molecule has 0 atom stereocenters. The third-order valence-corrected chi connectivity index (χ3v) is 5.59. The molecule has 146 valence electrons. The van der Waals surface area contributed by atoms with Gasteiger partial charge in [-0.2, -0.15) is 0 Å². The van der Waals surface area contributed by atoms with E-state index in [0.29, 0.717) is 28.1 Å². The number of benzene rings is 1. The minimum absolute atomic E-state index is 0.114. The lowest BCUT2D eigenvalue weighted by atomic mass is 10.1. The van der Waals surface area contributed by atoms with Gasteiger partial charge in [0.25, 0.3) is 11.8 Å². The summed E-state index contributed by atoms with van der Waals surface area (Å²) in [7, 11) is 0. The molecule has 0 bridgehead atoms. The Morgan fingerprint density at radius 3 is 2.46 bits per heavy atom. The molecule has 1 aromatic heterocycles. The maximum absolute atomic E-state index is 12.5. The van der Waals surface area contributed by atoms with Gasteiger partial charge in [0.05, 0.1) is 25.9 Å². The Labute approximate surface area is 171 Å². The zero-order valence-electron chi connectivity index (χ0n) is 15.4. The van der Waals surface area contributed by atoms with Crippen molar-refractivity contribution in [3.63, 3.8) is 0 Å². The van der Waals surface area contributed by atoms with Crippen molar-refractivity contribution in [2.45, 2.75) is 20.3 Å². The van der Waals surface area contributed by atoms with Gasteiger partial charge in [0.15, 0.2) is 6.61 Å². The fourth-order valence-electron chi connectivity index (χ4n) is 2.76. The molecule has 0 saturated heterocycles. The molecule has 6 nitrogen and oxygen atoms in total. The normalized spacial score (nSPS) is 13.2. The summed E-state index contributed by atoms with van der Waals surface area (Å²) in [6.07, 6.45) is 0.704. The van der Waals surface area contributed by atoms with Crippen molar-refractivity contribution < 1.29 is 23.9 Å². The van der Waals surface area contributed by atoms with Crippen LogP contribution < -0.4 is 0 Å². The molecule has 0 aliphatic carbocycles. The van der Waals surface area contributed by atoms with Crippen LogP contribution in [0.3, 0.4) is 0 Å². The number of nitrogens with zero attached hydrogens (tertiary/aromatic N) is 1. The van der Waals surface area contributed by atoms with E-state index >= 15 is 0 Å². The molecule has 1 aliphatic rings. The van der Waals surface area contributed by atoms with Crippen LogP contribution in [0.15, 0.2) is 30.3 Å². The third kappa shape index (κ3) is 4.15. The number of hydrogen-bond donors (Lipinski definition) is 0. The first kappa shape index (κ1) is 20.2. The van der Waals surface area contributed by atoms with Gasteiger partial charge in [0, 0.05) is 6.54 Å². The Morgan fingerprint density at radius 2 is 1.82 bits per heavy atom. The van der Waals surface area contributed by atoms with E-state index < -0.39 is 18.5 Å². The zero-order chi connectivity index (χ0) is 20.4. The van der Waals surface area contributed by atoms with E-state index in [2.05, 4.69) is 0 Å². The predicted octanol–water partition coefficient (Wildman–Crippen LogP) is 4.08. The Hall–Kier alpha value is -2.51. The highest BCUT2D eigenvalue weighted by atomic mass is 35.5. The van der Waals surface area contributed by atoms with Crippen LogP contribution in [0, 0.1) is 5.92 Å². The van der Waals surface area contributed by atoms with E-state index in [9.17, 15) is 19.2 Å². The van der Waals surface area contributed by atoms with Crippen molar-refractivity contribution in [3.8, 4) is 0 Å². The molecule has 0 unspecified atom stereocenters. The Bertz CT molecular complexity index is 965. The van der Waals surface area contributed by atoms with E-state index in [-0.39, 0.29) is 28.4 Å². The number of hydrogen-bond acceptors (Lipinski definition) is 6. The second-order valence-corrected chi connectivity index (χ2v) is 8.52. The number of carbonyl (C=O) groups is 4. The minimum Gasteiger partial charge on any atom is -0.454 e. The number of ether oxygens (including phenoxy) is 1. The van der Waals surface area contributed by atoms with Crippen LogP contribution in [0.4, 0.5) is 0 Å². The standard InChI is InChI=1S/C20H18ClNO5S/c1-11(2)7-8-22-18(24)13-4-3-12(9-14(13)19(22)25)20(26)27-10-15(23)16-5-6-17(21)28-16/h3-6,9,11H,7-8,10H2,1-2H3. The SMILES string of the molecule is CC(C)CCN1C(=O)c2ccc(C(=O)OCC(=O)c3ccc(Cl)s3)cc2C1=O. The molecule has 8 heteroatoms. The van der Waals surface area contributed by atoms with Gasteiger partial charge in [-0.25, -0.2) is 4.79 Å². The molecule has 0 radical (unpaired) electrons. The second-order valence-electron chi connectivity index (χ2n) is 6.81. The Balaban J connectivity index is 1.69. The van der Waals surface area contributed by atoms with Gasteiger partial charge in [-0.1, -0.05) is 25.4 Å². The number of fused-ring (bicyclic) bond motifs is 1. The lowest BCUT2D eigenvalue weighted by Crippen LogP contribution is -2.31. The third-order valence-electron chi connectivity index (χ3n) is 4.32. The summed E-state index contributed by atoms with van der Waals surface area (Å²) in [6.45, 7) is 3.93. The number of amides is 2. The summed E-state index contributed by atoms with van der Waals surface area (Å²) in [5.74, 6) is -1.52. The summed E-state index contributed by atoms with van der Waals surface area (Å²) in [4.78, 5) is 50.8. The maximum Gasteiger partial charge on any atom is 0.338 e. The summed E-state index contributed by atoms with van der Waals surface area (Å²) in [6, 6.07) is 7.37. The van der Waals surface area contributed by atoms with E-state index in [4.69, 9.17) is 16.3 Å². The van der Waals surface area contributed by atoms with Crippen LogP contribution in [0.1, 0.15) is 61.0 Å². The number of Topliss-reactive ketones (excluding diaryl/α,β-unsaturated/α-hetero) is 1. The van der Waals surface area contributed by atoms with Crippen molar-refractivity contribution in [1.82, 2.24) is 4.90 Å². The fourth-order valence-corrected chi connectivity index (χ4v) is 3.73. The van der Waals surface area contributed by atoms with Gasteiger partial charge in [-0.05, 0) is 42.7 Å². The predicted molar refractivity (Wildman–Crippen MR) is 105 cm³/mol. The minimum atomic E-state index is -0.736. The van der Waals surface area contributed by atoms with Crippen molar-refractivity contribution in [2.24, 2.45) is 5.92 Å². The fraction of sp³-hybridized carbons (Fsp3) is 0.300. The molecule has 1 aliphatic heterocycles. The van der Waals surface area contributed by atoms with Crippen LogP contribution in [0.5, 0.6) is 0 Å². The first-order valence-corrected chi connectivity index (χ1v) is 9.93. The number of rotatable bonds is 7. The molecule has 3 rings (SSSR count). The van der Waals surface area contributed by atoms with Crippen LogP contribution in [0.2, 0.25) is 4.34 Å². The average molecular weight is 420 g/mol. The number of imide groups is 1. The van der Waals surface area contributed by atoms with E-state index in [1.807, 2.05) is 13.8 Å². The molecular formula is C20H18ClNO5S. The van der Waals surface area contributed by atoms with Crippen LogP contribution in [-0.2, 0) is 4.74 Å². The largest absolute Gasteiger partial charge is 0.454 e. The molecular weight excluding hydrogens is 402 g/mol. The molecule has 0 N–H and O–H groups in total. The number of esters is 1. The van der Waals surface area contributed by atoms with Crippen LogP contribution in [-0.4, -0.2) is 41.6 Å². The average Bonchev–Trinajstić information content (AvgIpc) is 3.20. The van der Waals surface area contributed by atoms with Crippen molar-refractivity contribution in [3.05, 3.63) is 56.2 Å². The number of halogens is 1. The van der Waals surface area contributed by atoms with E-state index in [0.717, 1.165) is 11.3 Å². The highest BCUT2D eigenvalue weighted by molar-refractivity contribution is 7.18. The quantitative estimate of drug-likeness (QED) is 0.383. The summed E-state index contributed by atoms with van der Waals surface area (Å²) in [5.41, 5.74) is 0.566. The van der Waals surface area contributed by atoms with Gasteiger partial charge in [0.1, 0.15) is 0 Å². The van der Waals surface area contributed by atoms with E-state index in [1.165, 1.54) is 23.1 Å². The lowest BCUT2D eigenvalue weighted by molar-refractivity contribution is 0.0475. The zero-order valence-corrected chi connectivity index (χ0v) is 16.9. The molecule has 28 heavy (non-hydrogen) atoms. The molecule has 2 aromatic rings.